The van der Waals surface area contributed by atoms with Crippen LogP contribution in [0.15, 0.2) is 18.2 Å². The van der Waals surface area contributed by atoms with Gasteiger partial charge in [-0.1, -0.05) is 19.4 Å². The Labute approximate surface area is 125 Å². The topological polar surface area (TPSA) is 49.8 Å². The summed E-state index contributed by atoms with van der Waals surface area (Å²) < 4.78 is 18.9. The number of unbranched alkanes of at least 4 members (excludes halogenated alkanes) is 1. The van der Waals surface area contributed by atoms with E-state index in [-0.39, 0.29) is 30.1 Å². The van der Waals surface area contributed by atoms with Crippen molar-refractivity contribution in [1.82, 2.24) is 4.90 Å². The fraction of sp³-hybridized carbons (Fsp3) is 0.562. The molecule has 0 amide bonds. The molecule has 0 saturated carbocycles. The normalized spacial score (nSPS) is 10.9. The Hall–Kier alpha value is -1.46. The Kier molecular flexibility index (Phi) is 7.93. The summed E-state index contributed by atoms with van der Waals surface area (Å²) in [6.45, 7) is 4.02. The maximum atomic E-state index is 13.8. The zero-order valence-corrected chi connectivity index (χ0v) is 12.8. The molecule has 1 aromatic rings. The largest absolute Gasteiger partial charge is 0.496 e. The van der Waals surface area contributed by atoms with Gasteiger partial charge in [0, 0.05) is 19.5 Å². The molecule has 0 atom stereocenters. The number of ketones is 1. The molecule has 0 bridgehead atoms. The highest BCUT2D eigenvalue weighted by atomic mass is 19.1. The Morgan fingerprint density at radius 3 is 2.71 bits per heavy atom. The third-order valence-corrected chi connectivity index (χ3v) is 3.37. The Morgan fingerprint density at radius 1 is 1.33 bits per heavy atom. The third kappa shape index (κ3) is 5.44. The van der Waals surface area contributed by atoms with Gasteiger partial charge in [0.25, 0.3) is 0 Å². The van der Waals surface area contributed by atoms with Gasteiger partial charge in [0.2, 0.25) is 0 Å². The Balaban J connectivity index is 2.67. The molecule has 0 spiro atoms. The first-order chi connectivity index (χ1) is 10.1. The lowest BCUT2D eigenvalue weighted by molar-refractivity contribution is 0.0949. The molecular formula is C16H24FNO3. The van der Waals surface area contributed by atoms with Gasteiger partial charge in [-0.2, -0.15) is 0 Å². The first-order valence-corrected chi connectivity index (χ1v) is 7.33. The van der Waals surface area contributed by atoms with E-state index in [1.54, 1.807) is 6.07 Å². The van der Waals surface area contributed by atoms with Crippen molar-refractivity contribution in [3.8, 4) is 5.75 Å². The summed E-state index contributed by atoms with van der Waals surface area (Å²) >= 11 is 0. The number of carbonyl (C=O) groups excluding carboxylic acids is 1. The maximum absolute atomic E-state index is 13.8. The van der Waals surface area contributed by atoms with E-state index in [9.17, 15) is 9.18 Å². The number of Topliss-reactive ketones (excluding diaryl/α,β-unsaturated/α-hetero) is 1. The van der Waals surface area contributed by atoms with Crippen molar-refractivity contribution in [3.63, 3.8) is 0 Å². The number of rotatable bonds is 10. The molecule has 1 rings (SSSR count). The van der Waals surface area contributed by atoms with Crippen LogP contribution < -0.4 is 4.74 Å². The molecule has 1 N–H and O–H groups in total. The van der Waals surface area contributed by atoms with E-state index in [4.69, 9.17) is 9.84 Å². The minimum atomic E-state index is -0.554. The monoisotopic (exact) mass is 297 g/mol. The van der Waals surface area contributed by atoms with Crippen LogP contribution in [0.1, 0.15) is 36.5 Å². The van der Waals surface area contributed by atoms with Gasteiger partial charge in [0.15, 0.2) is 5.78 Å². The van der Waals surface area contributed by atoms with E-state index in [1.165, 1.54) is 19.2 Å². The summed E-state index contributed by atoms with van der Waals surface area (Å²) in [6.07, 6.45) is 2.27. The SMILES string of the molecule is CCCCN(CCO)CCC(=O)c1c(F)cccc1OC. The molecule has 4 nitrogen and oxygen atoms in total. The van der Waals surface area contributed by atoms with Crippen molar-refractivity contribution < 1.29 is 19.0 Å². The summed E-state index contributed by atoms with van der Waals surface area (Å²) in [5.74, 6) is -0.562. The number of nitrogens with zero attached hydrogens (tertiary/aromatic N) is 1. The molecule has 0 aliphatic rings. The molecule has 0 aromatic heterocycles. The number of aliphatic hydroxyl groups is 1. The smallest absolute Gasteiger partial charge is 0.170 e. The van der Waals surface area contributed by atoms with Crippen molar-refractivity contribution in [2.75, 3.05) is 33.4 Å². The molecule has 5 heteroatoms. The predicted octanol–water partition coefficient (Wildman–Crippen LogP) is 2.50. The van der Waals surface area contributed by atoms with Gasteiger partial charge in [-0.25, -0.2) is 4.39 Å². The minimum absolute atomic E-state index is 0.0134. The minimum Gasteiger partial charge on any atom is -0.496 e. The van der Waals surface area contributed by atoms with E-state index in [0.717, 1.165) is 19.4 Å². The second kappa shape index (κ2) is 9.47. The molecule has 1 aromatic carbocycles. The quantitative estimate of drug-likeness (QED) is 0.674. The average Bonchev–Trinajstić information content (AvgIpc) is 2.49. The highest BCUT2D eigenvalue weighted by Crippen LogP contribution is 2.22. The molecule has 21 heavy (non-hydrogen) atoms. The first kappa shape index (κ1) is 17.6. The summed E-state index contributed by atoms with van der Waals surface area (Å²) in [7, 11) is 1.42. The third-order valence-electron chi connectivity index (χ3n) is 3.37. The second-order valence-corrected chi connectivity index (χ2v) is 4.91. The van der Waals surface area contributed by atoms with Crippen molar-refractivity contribution >= 4 is 5.78 Å². The number of aliphatic hydroxyl groups excluding tert-OH is 1. The van der Waals surface area contributed by atoms with Crippen LogP contribution in [0.5, 0.6) is 5.75 Å². The highest BCUT2D eigenvalue weighted by molar-refractivity contribution is 5.99. The van der Waals surface area contributed by atoms with Crippen molar-refractivity contribution in [2.45, 2.75) is 26.2 Å². The molecular weight excluding hydrogens is 273 g/mol. The second-order valence-electron chi connectivity index (χ2n) is 4.91. The lowest BCUT2D eigenvalue weighted by Gasteiger charge is -2.20. The van der Waals surface area contributed by atoms with E-state index >= 15 is 0 Å². The molecule has 0 aliphatic carbocycles. The molecule has 0 fully saturated rings. The van der Waals surface area contributed by atoms with Crippen LogP contribution in [0.2, 0.25) is 0 Å². The summed E-state index contributed by atoms with van der Waals surface area (Å²) in [5.41, 5.74) is 0.0134. The summed E-state index contributed by atoms with van der Waals surface area (Å²) in [6, 6.07) is 4.36. The molecule has 118 valence electrons. The van der Waals surface area contributed by atoms with E-state index < -0.39 is 5.82 Å². The molecule has 0 heterocycles. The van der Waals surface area contributed by atoms with E-state index in [0.29, 0.717) is 13.1 Å². The fourth-order valence-electron chi connectivity index (χ4n) is 2.19. The zero-order valence-electron chi connectivity index (χ0n) is 12.8. The van der Waals surface area contributed by atoms with Crippen LogP contribution in [0.4, 0.5) is 4.39 Å². The highest BCUT2D eigenvalue weighted by Gasteiger charge is 2.18. The van der Waals surface area contributed by atoms with Crippen LogP contribution in [0.25, 0.3) is 0 Å². The number of methoxy groups -OCH3 is 1. The van der Waals surface area contributed by atoms with Crippen molar-refractivity contribution in [2.24, 2.45) is 0 Å². The van der Waals surface area contributed by atoms with Gasteiger partial charge in [-0.3, -0.25) is 4.79 Å². The van der Waals surface area contributed by atoms with Gasteiger partial charge < -0.3 is 14.7 Å². The van der Waals surface area contributed by atoms with Gasteiger partial charge in [-0.05, 0) is 25.1 Å². The van der Waals surface area contributed by atoms with Gasteiger partial charge in [0.05, 0.1) is 19.3 Å². The van der Waals surface area contributed by atoms with Crippen LogP contribution in [0.3, 0.4) is 0 Å². The fourth-order valence-corrected chi connectivity index (χ4v) is 2.19. The van der Waals surface area contributed by atoms with Crippen molar-refractivity contribution in [1.29, 1.82) is 0 Å². The number of benzene rings is 1. The zero-order chi connectivity index (χ0) is 15.7. The molecule has 0 unspecified atom stereocenters. The summed E-state index contributed by atoms with van der Waals surface area (Å²) in [4.78, 5) is 14.2. The van der Waals surface area contributed by atoms with Gasteiger partial charge >= 0.3 is 0 Å². The standard InChI is InChI=1S/C16H24FNO3/c1-3-4-9-18(11-12-19)10-8-14(20)16-13(17)6-5-7-15(16)21-2/h5-7,19H,3-4,8-12H2,1-2H3. The predicted molar refractivity (Wildman–Crippen MR) is 80.3 cm³/mol. The number of ether oxygens (including phenoxy) is 1. The summed E-state index contributed by atoms with van der Waals surface area (Å²) in [5, 5.41) is 9.04. The maximum Gasteiger partial charge on any atom is 0.170 e. The first-order valence-electron chi connectivity index (χ1n) is 7.33. The molecule has 0 aliphatic heterocycles. The molecule has 0 radical (unpaired) electrons. The number of hydrogen-bond acceptors (Lipinski definition) is 4. The average molecular weight is 297 g/mol. The lowest BCUT2D eigenvalue weighted by atomic mass is 10.1. The number of halogens is 1. The van der Waals surface area contributed by atoms with E-state index in [1.807, 2.05) is 4.90 Å². The van der Waals surface area contributed by atoms with Gasteiger partial charge in [0.1, 0.15) is 11.6 Å². The van der Waals surface area contributed by atoms with Crippen molar-refractivity contribution in [3.05, 3.63) is 29.6 Å². The van der Waals surface area contributed by atoms with Crippen LogP contribution >= 0.6 is 0 Å². The Morgan fingerprint density at radius 2 is 2.10 bits per heavy atom. The Bertz CT molecular complexity index is 451. The van der Waals surface area contributed by atoms with Crippen LogP contribution in [-0.2, 0) is 0 Å². The number of hydrogen-bond donors (Lipinski definition) is 1. The molecule has 0 saturated heterocycles. The van der Waals surface area contributed by atoms with E-state index in [2.05, 4.69) is 6.92 Å². The van der Waals surface area contributed by atoms with Crippen LogP contribution in [-0.4, -0.2) is 49.1 Å². The van der Waals surface area contributed by atoms with Crippen LogP contribution in [0, 0.1) is 5.82 Å². The lowest BCUT2D eigenvalue weighted by Crippen LogP contribution is -2.30. The van der Waals surface area contributed by atoms with Gasteiger partial charge in [-0.15, -0.1) is 0 Å². The number of carbonyl (C=O) groups is 1.